The van der Waals surface area contributed by atoms with Crippen LogP contribution >= 0.6 is 0 Å². The van der Waals surface area contributed by atoms with Gasteiger partial charge in [0.15, 0.2) is 0 Å². The maximum atomic E-state index is 12.1. The van der Waals surface area contributed by atoms with Crippen LogP contribution < -0.4 is 10.0 Å². The minimum Gasteiger partial charge on any atom is -0.370 e. The van der Waals surface area contributed by atoms with Gasteiger partial charge in [0.2, 0.25) is 10.0 Å². The SMILES string of the molecule is CCCNc1ccc(S(=O)(=O)NCc2cn[nH]c2)cn1. The number of pyridine rings is 1. The molecule has 0 fully saturated rings. The zero-order valence-electron chi connectivity index (χ0n) is 11.1. The van der Waals surface area contributed by atoms with Gasteiger partial charge >= 0.3 is 0 Å². The monoisotopic (exact) mass is 295 g/mol. The van der Waals surface area contributed by atoms with Gasteiger partial charge in [-0.05, 0) is 18.6 Å². The molecule has 0 aliphatic heterocycles. The lowest BCUT2D eigenvalue weighted by Gasteiger charge is -2.07. The lowest BCUT2D eigenvalue weighted by molar-refractivity contribution is 0.581. The van der Waals surface area contributed by atoms with Gasteiger partial charge in [-0.25, -0.2) is 18.1 Å². The quantitative estimate of drug-likeness (QED) is 0.710. The predicted molar refractivity (Wildman–Crippen MR) is 75.6 cm³/mol. The van der Waals surface area contributed by atoms with E-state index in [0.29, 0.717) is 5.82 Å². The molecular weight excluding hydrogens is 278 g/mol. The third-order valence-corrected chi connectivity index (χ3v) is 4.01. The smallest absolute Gasteiger partial charge is 0.242 e. The summed E-state index contributed by atoms with van der Waals surface area (Å²) in [7, 11) is -3.56. The molecule has 0 aliphatic rings. The maximum absolute atomic E-state index is 12.1. The van der Waals surface area contributed by atoms with Gasteiger partial charge in [-0.15, -0.1) is 0 Å². The van der Waals surface area contributed by atoms with E-state index in [4.69, 9.17) is 0 Å². The zero-order chi connectivity index (χ0) is 14.4. The summed E-state index contributed by atoms with van der Waals surface area (Å²) in [5, 5.41) is 9.47. The summed E-state index contributed by atoms with van der Waals surface area (Å²) < 4.78 is 26.6. The average Bonchev–Trinajstić information content (AvgIpc) is 2.97. The normalized spacial score (nSPS) is 11.4. The molecule has 0 atom stereocenters. The standard InChI is InChI=1S/C12H17N5O2S/c1-2-5-13-12-4-3-11(9-14-12)20(18,19)17-8-10-6-15-16-7-10/h3-4,6-7,9,17H,2,5,8H2,1H3,(H,13,14)(H,15,16). The Morgan fingerprint density at radius 2 is 2.15 bits per heavy atom. The molecule has 0 radical (unpaired) electrons. The molecule has 0 aromatic carbocycles. The molecule has 0 spiro atoms. The van der Waals surface area contributed by atoms with Crippen molar-refractivity contribution in [3.8, 4) is 0 Å². The molecule has 0 aliphatic carbocycles. The van der Waals surface area contributed by atoms with Crippen molar-refractivity contribution >= 4 is 15.8 Å². The van der Waals surface area contributed by atoms with E-state index in [0.717, 1.165) is 18.5 Å². The van der Waals surface area contributed by atoms with Crippen LogP contribution in [0.15, 0.2) is 35.6 Å². The Kier molecular flexibility index (Phi) is 4.70. The highest BCUT2D eigenvalue weighted by Crippen LogP contribution is 2.11. The molecular formula is C12H17N5O2S. The third-order valence-electron chi connectivity index (χ3n) is 2.62. The van der Waals surface area contributed by atoms with Crippen LogP contribution in [0.1, 0.15) is 18.9 Å². The number of rotatable bonds is 7. The largest absolute Gasteiger partial charge is 0.370 e. The van der Waals surface area contributed by atoms with E-state index in [1.807, 2.05) is 6.92 Å². The Labute approximate surface area is 117 Å². The lowest BCUT2D eigenvalue weighted by atomic mass is 10.4. The molecule has 3 N–H and O–H groups in total. The molecule has 8 heteroatoms. The van der Waals surface area contributed by atoms with E-state index in [-0.39, 0.29) is 11.4 Å². The van der Waals surface area contributed by atoms with Crippen LogP contribution in [0, 0.1) is 0 Å². The van der Waals surface area contributed by atoms with Crippen molar-refractivity contribution in [3.05, 3.63) is 36.3 Å². The number of hydrogen-bond acceptors (Lipinski definition) is 5. The molecule has 0 bridgehead atoms. The van der Waals surface area contributed by atoms with Crippen LogP contribution in [0.3, 0.4) is 0 Å². The third kappa shape index (κ3) is 3.78. The van der Waals surface area contributed by atoms with Crippen molar-refractivity contribution in [2.75, 3.05) is 11.9 Å². The fourth-order valence-electron chi connectivity index (χ4n) is 1.53. The fourth-order valence-corrected chi connectivity index (χ4v) is 2.49. The van der Waals surface area contributed by atoms with Gasteiger partial charge < -0.3 is 5.32 Å². The van der Waals surface area contributed by atoms with Gasteiger partial charge in [0, 0.05) is 31.0 Å². The van der Waals surface area contributed by atoms with Crippen LogP contribution in [0.25, 0.3) is 0 Å². The van der Waals surface area contributed by atoms with Crippen LogP contribution in [0.5, 0.6) is 0 Å². The van der Waals surface area contributed by atoms with Crippen molar-refractivity contribution in [2.24, 2.45) is 0 Å². The summed E-state index contributed by atoms with van der Waals surface area (Å²) in [6, 6.07) is 3.19. The first kappa shape index (κ1) is 14.5. The lowest BCUT2D eigenvalue weighted by Crippen LogP contribution is -2.23. The summed E-state index contributed by atoms with van der Waals surface area (Å²) >= 11 is 0. The van der Waals surface area contributed by atoms with Crippen LogP contribution in [-0.2, 0) is 16.6 Å². The maximum Gasteiger partial charge on any atom is 0.242 e. The molecule has 2 heterocycles. The molecule has 20 heavy (non-hydrogen) atoms. The van der Waals surface area contributed by atoms with E-state index in [2.05, 4.69) is 25.2 Å². The van der Waals surface area contributed by atoms with Crippen molar-refractivity contribution in [2.45, 2.75) is 24.8 Å². The van der Waals surface area contributed by atoms with Crippen molar-refractivity contribution in [1.29, 1.82) is 0 Å². The second kappa shape index (κ2) is 6.49. The van der Waals surface area contributed by atoms with Crippen LogP contribution in [0.4, 0.5) is 5.82 Å². The second-order valence-electron chi connectivity index (χ2n) is 4.24. The van der Waals surface area contributed by atoms with E-state index in [1.165, 1.54) is 12.3 Å². The summed E-state index contributed by atoms with van der Waals surface area (Å²) in [6.07, 6.45) is 5.53. The number of aromatic amines is 1. The van der Waals surface area contributed by atoms with Gasteiger partial charge in [-0.1, -0.05) is 6.92 Å². The molecule has 2 rings (SSSR count). The minimum absolute atomic E-state index is 0.142. The molecule has 108 valence electrons. The molecule has 0 saturated heterocycles. The first-order valence-electron chi connectivity index (χ1n) is 6.29. The number of anilines is 1. The van der Waals surface area contributed by atoms with E-state index in [9.17, 15) is 8.42 Å². The Morgan fingerprint density at radius 3 is 2.75 bits per heavy atom. The average molecular weight is 295 g/mol. The predicted octanol–water partition coefficient (Wildman–Crippen LogP) is 1.11. The van der Waals surface area contributed by atoms with Gasteiger partial charge in [0.1, 0.15) is 10.7 Å². The topological polar surface area (TPSA) is 99.8 Å². The summed E-state index contributed by atoms with van der Waals surface area (Å²) in [5.74, 6) is 0.667. The summed E-state index contributed by atoms with van der Waals surface area (Å²) in [4.78, 5) is 4.22. The van der Waals surface area contributed by atoms with Crippen molar-refractivity contribution in [3.63, 3.8) is 0 Å². The molecule has 7 nitrogen and oxygen atoms in total. The highest BCUT2D eigenvalue weighted by atomic mass is 32.2. The molecule has 0 amide bonds. The molecule has 0 saturated carbocycles. The molecule has 2 aromatic heterocycles. The Balaban J connectivity index is 2.01. The van der Waals surface area contributed by atoms with Crippen LogP contribution in [-0.4, -0.2) is 30.1 Å². The Bertz CT molecular complexity index is 622. The fraction of sp³-hybridized carbons (Fsp3) is 0.333. The first-order valence-corrected chi connectivity index (χ1v) is 7.77. The van der Waals surface area contributed by atoms with Gasteiger partial charge in [-0.2, -0.15) is 5.10 Å². The zero-order valence-corrected chi connectivity index (χ0v) is 11.9. The van der Waals surface area contributed by atoms with E-state index in [1.54, 1.807) is 18.5 Å². The first-order chi connectivity index (χ1) is 9.62. The highest BCUT2D eigenvalue weighted by Gasteiger charge is 2.14. The number of nitrogens with zero attached hydrogens (tertiary/aromatic N) is 2. The van der Waals surface area contributed by atoms with Gasteiger partial charge in [0.05, 0.1) is 6.20 Å². The summed E-state index contributed by atoms with van der Waals surface area (Å²) in [5.41, 5.74) is 0.766. The highest BCUT2D eigenvalue weighted by molar-refractivity contribution is 7.89. The van der Waals surface area contributed by atoms with Gasteiger partial charge in [-0.3, -0.25) is 5.10 Å². The second-order valence-corrected chi connectivity index (χ2v) is 6.00. The molecule has 0 unspecified atom stereocenters. The Morgan fingerprint density at radius 1 is 1.30 bits per heavy atom. The number of nitrogens with one attached hydrogen (secondary N) is 3. The van der Waals surface area contributed by atoms with Crippen molar-refractivity contribution < 1.29 is 8.42 Å². The minimum atomic E-state index is -3.56. The van der Waals surface area contributed by atoms with Gasteiger partial charge in [0.25, 0.3) is 0 Å². The number of hydrogen-bond donors (Lipinski definition) is 3. The summed E-state index contributed by atoms with van der Waals surface area (Å²) in [6.45, 7) is 3.04. The van der Waals surface area contributed by atoms with E-state index >= 15 is 0 Å². The van der Waals surface area contributed by atoms with Crippen LogP contribution in [0.2, 0.25) is 0 Å². The number of H-pyrrole nitrogens is 1. The Hall–Kier alpha value is -1.93. The number of sulfonamides is 1. The molecule has 2 aromatic rings. The number of aromatic nitrogens is 3. The van der Waals surface area contributed by atoms with E-state index < -0.39 is 10.0 Å². The van der Waals surface area contributed by atoms with Crippen molar-refractivity contribution in [1.82, 2.24) is 19.9 Å².